The van der Waals surface area contributed by atoms with Crippen molar-refractivity contribution < 1.29 is 14.4 Å². The van der Waals surface area contributed by atoms with Gasteiger partial charge in [0.05, 0.1) is 0 Å². The predicted octanol–water partition coefficient (Wildman–Crippen LogP) is 11.1. The number of carbonyl (C=O) groups excluding carboxylic acids is 3. The largest absolute Gasteiger partial charge is 0.323 e. The Bertz CT molecular complexity index is 2870. The number of urea groups is 3. The summed E-state index contributed by atoms with van der Waals surface area (Å²) in [5, 5.41) is 7.08. The van der Waals surface area contributed by atoms with Gasteiger partial charge < -0.3 is 54.7 Å². The summed E-state index contributed by atoms with van der Waals surface area (Å²) in [5.74, 6) is 0. The fourth-order valence-corrected chi connectivity index (χ4v) is 14.5. The smallest absolute Gasteiger partial charge is 0.320 e. The summed E-state index contributed by atoms with van der Waals surface area (Å²) in [6.07, 6.45) is 13.4. The predicted molar refractivity (Wildman–Crippen MR) is 430 cm³/mol. The zero-order valence-electron chi connectivity index (χ0n) is 58.5. The zero-order chi connectivity index (χ0) is 62.9. The molecule has 11 rings (SSSR count). The van der Waals surface area contributed by atoms with E-state index in [1.807, 2.05) is 51.7 Å². The summed E-state index contributed by atoms with van der Waals surface area (Å²) in [5.41, 5.74) is 6.88. The molecule has 6 aliphatic heterocycles. The third kappa shape index (κ3) is 27.0. The van der Waals surface area contributed by atoms with Crippen molar-refractivity contribution >= 4 is 99.1 Å². The lowest BCUT2D eigenvalue weighted by Crippen LogP contribution is -2.47. The van der Waals surface area contributed by atoms with Crippen LogP contribution in [-0.4, -0.2) is 236 Å². The lowest BCUT2D eigenvalue weighted by Gasteiger charge is -2.31. The summed E-state index contributed by atoms with van der Waals surface area (Å²) in [7, 11) is 5.99. The standard InChI is InChI=1S/C28H40N4O.C26H36N4O.C21H34N4O.6H2S/c1-3-31(21-25-13-8-5-9-14-25)27-17-20-32(23-27)28(33)29(2)26-16-19-30(22-26)18-10-15-24-11-6-4-7-12-24;1-28(25-15-17-29(21-25)16-8-13-22-9-4-2-5-10-22)26(31)30-18-14-24(20-30)27-19-23-11-6-3-7-12-23;1-3-22-19-11-15-25(16-19)21(26)23(2)20-12-14-24(17-20)13-7-10-18-8-5-4-6-9-18;;;;;;/h4-9,11-14,26-27H,3,10,15-23H2,1-2H3;2-7,9-12,24-25,27H,8,13-21H2,1H3;4-6,8-9,19-20,22H,3,7,10-17H2,1-2H3;6*1H2/t26-,27-;24-,25-;19-,20-;;;;;;/m000....../s1. The number of aryl methyl sites for hydroxylation is 3. The lowest BCUT2D eigenvalue weighted by molar-refractivity contribution is 0.147. The highest BCUT2D eigenvalue weighted by Gasteiger charge is 2.37. The molecule has 0 radical (unpaired) electrons. The number of hydrogen-bond donors (Lipinski definition) is 2. The molecular formula is C75H122N12O3S6. The van der Waals surface area contributed by atoms with Crippen molar-refractivity contribution in [2.45, 2.75) is 140 Å². The Morgan fingerprint density at radius 3 is 1.04 bits per heavy atom. The molecule has 0 unspecified atom stereocenters. The van der Waals surface area contributed by atoms with E-state index < -0.39 is 0 Å². The minimum atomic E-state index is 0. The first-order chi connectivity index (χ1) is 44.0. The second kappa shape index (κ2) is 46.2. The number of likely N-dealkylation sites (N-methyl/N-ethyl adjacent to an activating group) is 5. The van der Waals surface area contributed by atoms with Crippen LogP contribution in [0.5, 0.6) is 0 Å². The Morgan fingerprint density at radius 1 is 0.375 bits per heavy atom. The molecule has 0 aliphatic carbocycles. The molecule has 21 heteroatoms. The van der Waals surface area contributed by atoms with Crippen LogP contribution < -0.4 is 10.6 Å². The Kier molecular flexibility index (Phi) is 41.4. The van der Waals surface area contributed by atoms with E-state index in [0.29, 0.717) is 36.3 Å². The Balaban J connectivity index is 0.000000366. The molecule has 0 aromatic heterocycles. The number of carbonyl (C=O) groups is 3. The molecule has 6 atom stereocenters. The molecule has 0 saturated carbocycles. The molecule has 0 bridgehead atoms. The normalized spacial score (nSPS) is 20.6. The lowest BCUT2D eigenvalue weighted by atomic mass is 10.1. The maximum Gasteiger partial charge on any atom is 0.320 e. The molecule has 5 aromatic carbocycles. The van der Waals surface area contributed by atoms with Crippen molar-refractivity contribution in [3.63, 3.8) is 0 Å². The summed E-state index contributed by atoms with van der Waals surface area (Å²) in [6.45, 7) is 22.9. The third-order valence-electron chi connectivity index (χ3n) is 20.1. The summed E-state index contributed by atoms with van der Waals surface area (Å²) >= 11 is 0. The minimum Gasteiger partial charge on any atom is -0.323 e. The topological polar surface area (TPSA) is 108 Å². The highest BCUT2D eigenvalue weighted by molar-refractivity contribution is 7.60. The minimum absolute atomic E-state index is 0. The van der Waals surface area contributed by atoms with Gasteiger partial charge in [-0.05, 0) is 138 Å². The molecule has 6 aliphatic rings. The van der Waals surface area contributed by atoms with E-state index in [0.717, 1.165) is 182 Å². The molecule has 15 nitrogen and oxygen atoms in total. The van der Waals surface area contributed by atoms with E-state index in [-0.39, 0.29) is 99.1 Å². The quantitative estimate of drug-likeness (QED) is 0.0625. The van der Waals surface area contributed by atoms with Gasteiger partial charge in [-0.1, -0.05) is 166 Å². The van der Waals surface area contributed by atoms with Gasteiger partial charge in [-0.25, -0.2) is 14.4 Å². The number of hydrogen-bond acceptors (Lipinski definition) is 9. The van der Waals surface area contributed by atoms with Crippen LogP contribution in [0.15, 0.2) is 152 Å². The van der Waals surface area contributed by atoms with Gasteiger partial charge in [-0.15, -0.1) is 0 Å². The van der Waals surface area contributed by atoms with Gasteiger partial charge >= 0.3 is 18.1 Å². The zero-order valence-corrected chi connectivity index (χ0v) is 64.5. The molecule has 6 heterocycles. The number of rotatable bonds is 24. The Hall–Kier alpha value is -4.23. The molecule has 5 aromatic rings. The van der Waals surface area contributed by atoms with Crippen LogP contribution >= 0.6 is 81.0 Å². The maximum atomic E-state index is 13.3. The van der Waals surface area contributed by atoms with Gasteiger partial charge in [0.1, 0.15) is 0 Å². The van der Waals surface area contributed by atoms with Crippen LogP contribution in [0, 0.1) is 0 Å². The maximum absolute atomic E-state index is 13.3. The van der Waals surface area contributed by atoms with E-state index in [9.17, 15) is 14.4 Å². The first kappa shape index (κ1) is 86.0. The van der Waals surface area contributed by atoms with E-state index >= 15 is 0 Å². The number of benzene rings is 5. The van der Waals surface area contributed by atoms with Crippen molar-refractivity contribution in [3.8, 4) is 0 Å². The summed E-state index contributed by atoms with van der Waals surface area (Å²) < 4.78 is 0. The average Bonchev–Trinajstić information content (AvgIpc) is 1.83. The number of amides is 6. The first-order valence-corrected chi connectivity index (χ1v) is 34.6. The van der Waals surface area contributed by atoms with Gasteiger partial charge in [0.2, 0.25) is 0 Å². The molecule has 536 valence electrons. The van der Waals surface area contributed by atoms with Crippen LogP contribution in [0.25, 0.3) is 0 Å². The van der Waals surface area contributed by atoms with Crippen LogP contribution in [0.3, 0.4) is 0 Å². The number of nitrogens with one attached hydrogen (secondary N) is 2. The van der Waals surface area contributed by atoms with E-state index in [1.54, 1.807) is 0 Å². The van der Waals surface area contributed by atoms with E-state index in [4.69, 9.17) is 0 Å². The van der Waals surface area contributed by atoms with Crippen molar-refractivity contribution in [1.82, 2.24) is 59.6 Å². The van der Waals surface area contributed by atoms with Crippen molar-refractivity contribution in [1.29, 1.82) is 0 Å². The van der Waals surface area contributed by atoms with Crippen LogP contribution in [-0.2, 0) is 32.4 Å². The van der Waals surface area contributed by atoms with Crippen LogP contribution in [0.1, 0.15) is 99.5 Å². The van der Waals surface area contributed by atoms with Gasteiger partial charge in [0.15, 0.2) is 0 Å². The number of likely N-dealkylation sites (tertiary alicyclic amines) is 6. The van der Waals surface area contributed by atoms with Gasteiger partial charge in [-0.2, -0.15) is 81.0 Å². The molecule has 96 heavy (non-hydrogen) atoms. The summed E-state index contributed by atoms with van der Waals surface area (Å²) in [6, 6.07) is 56.2. The molecule has 6 saturated heterocycles. The molecular weight excluding hydrogens is 1310 g/mol. The second-order valence-corrected chi connectivity index (χ2v) is 26.4. The molecule has 0 spiro atoms. The molecule has 6 fully saturated rings. The monoisotopic (exact) mass is 1430 g/mol. The Labute approximate surface area is 620 Å². The van der Waals surface area contributed by atoms with Crippen LogP contribution in [0.2, 0.25) is 0 Å². The fraction of sp³-hybridized carbons (Fsp3) is 0.560. The van der Waals surface area contributed by atoms with Crippen molar-refractivity contribution in [2.75, 3.05) is 132 Å². The van der Waals surface area contributed by atoms with Gasteiger partial charge in [0.25, 0.3) is 0 Å². The number of nitrogens with zero attached hydrogens (tertiary/aromatic N) is 10. The van der Waals surface area contributed by atoms with Crippen molar-refractivity contribution in [3.05, 3.63) is 179 Å². The summed E-state index contributed by atoms with van der Waals surface area (Å²) in [4.78, 5) is 61.3. The van der Waals surface area contributed by atoms with Gasteiger partial charge in [0, 0.05) is 149 Å². The fourth-order valence-electron chi connectivity index (χ4n) is 14.5. The van der Waals surface area contributed by atoms with Crippen molar-refractivity contribution in [2.24, 2.45) is 0 Å². The average molecular weight is 1430 g/mol. The van der Waals surface area contributed by atoms with E-state index in [1.165, 1.54) is 47.1 Å². The Morgan fingerprint density at radius 2 is 0.688 bits per heavy atom. The van der Waals surface area contributed by atoms with Crippen LogP contribution in [0.4, 0.5) is 14.4 Å². The SMILES string of the molecule is CCN(Cc1ccccc1)[C@H]1CCN(C(=O)N(C)[C@H]2CCN(CCCc3ccccc3)C2)C1.CCN[C@H]1CCN(C(=O)N(C)[C@H]2CCN(CCCc3ccccc3)C2)C1.CN(C(=O)N1CC[C@H](NCc2ccccc2)C1)[C@H]1CCN(CCCc2ccccc2)C1.S.S.S.S.S.S. The first-order valence-electron chi connectivity index (χ1n) is 34.6. The van der Waals surface area contributed by atoms with E-state index in [2.05, 4.69) is 195 Å². The highest BCUT2D eigenvalue weighted by Crippen LogP contribution is 2.25. The molecule has 6 amide bonds. The highest BCUT2D eigenvalue weighted by atomic mass is 32.1. The second-order valence-electron chi connectivity index (χ2n) is 26.4. The molecule has 2 N–H and O–H groups in total. The van der Waals surface area contributed by atoms with Gasteiger partial charge in [-0.3, -0.25) is 4.90 Å². The third-order valence-corrected chi connectivity index (χ3v) is 20.1.